The minimum absolute atomic E-state index is 0. The molecule has 0 spiro atoms. The van der Waals surface area contributed by atoms with Crippen molar-refractivity contribution in [3.63, 3.8) is 0 Å². The second kappa shape index (κ2) is 5.63. The molecule has 0 fully saturated rings. The third kappa shape index (κ3) is 11.2. The van der Waals surface area contributed by atoms with Gasteiger partial charge in [0.05, 0.1) is 0 Å². The van der Waals surface area contributed by atoms with Gasteiger partial charge in [-0.1, -0.05) is 0 Å². The molecule has 2 N–H and O–H groups in total. The molecular weight excluding hydrogens is 135 g/mol. The molecule has 0 saturated heterocycles. The Hall–Kier alpha value is -0.500. The van der Waals surface area contributed by atoms with E-state index in [9.17, 15) is 9.59 Å². The predicted octanol–water partition coefficient (Wildman–Crippen LogP) is -1.22. The van der Waals surface area contributed by atoms with Gasteiger partial charge in [-0.3, -0.25) is 0 Å². The molecule has 9 heavy (non-hydrogen) atoms. The van der Waals surface area contributed by atoms with E-state index in [-0.39, 0.29) is 29.6 Å². The maximum atomic E-state index is 9.47. The summed E-state index contributed by atoms with van der Waals surface area (Å²) < 4.78 is 0. The summed E-state index contributed by atoms with van der Waals surface area (Å²) in [5, 5.41) is 15.5. The first kappa shape index (κ1) is 11.3. The molecule has 5 heteroatoms. The fourth-order valence-corrected chi connectivity index (χ4v) is 0.107. The maximum Gasteiger partial charge on any atom is 0.382 e. The number of hydrogen-bond acceptors (Lipinski definition) is 2. The van der Waals surface area contributed by atoms with E-state index in [4.69, 9.17) is 10.2 Å². The van der Waals surface area contributed by atoms with E-state index in [1.807, 2.05) is 0 Å². The Labute approximate surface area is 73.2 Å². The largest absolute Gasteiger partial charge is 0.472 e. The molecule has 0 aromatic carbocycles. The summed E-state index contributed by atoms with van der Waals surface area (Å²) >= 11 is 0. The van der Waals surface area contributed by atoms with Crippen LogP contribution in [0.2, 0.25) is 0 Å². The van der Waals surface area contributed by atoms with Crippen LogP contribution >= 0.6 is 0 Å². The molecule has 0 heterocycles. The molecule has 0 atom stereocenters. The van der Waals surface area contributed by atoms with Crippen molar-refractivity contribution >= 4 is 41.5 Å². The second-order valence-electron chi connectivity index (χ2n) is 0.860. The van der Waals surface area contributed by atoms with Crippen LogP contribution in [-0.4, -0.2) is 51.7 Å². The standard InChI is InChI=1S/C4H2O4.Na/c5-3(6)1-2-4(7)8;/h(H,5,6)(H,7,8);. The normalized spacial score (nSPS) is 5.78. The Kier molecular flexibility index (Phi) is 7.08. The van der Waals surface area contributed by atoms with Crippen LogP contribution in [0.4, 0.5) is 0 Å². The molecular formula is C4H2NaO4. The Morgan fingerprint density at radius 2 is 1.22 bits per heavy atom. The first-order valence-electron chi connectivity index (χ1n) is 1.61. The van der Waals surface area contributed by atoms with Gasteiger partial charge in [-0.05, 0) is 0 Å². The first-order chi connectivity index (χ1) is 3.63. The van der Waals surface area contributed by atoms with Crippen molar-refractivity contribution in [3.05, 3.63) is 0 Å². The van der Waals surface area contributed by atoms with E-state index >= 15 is 0 Å². The fraction of sp³-hybridized carbons (Fsp3) is 0. The van der Waals surface area contributed by atoms with Gasteiger partial charge in [0, 0.05) is 41.4 Å². The van der Waals surface area contributed by atoms with Crippen LogP contribution in [0, 0.1) is 11.8 Å². The molecule has 1 radical (unpaired) electrons. The molecule has 0 aliphatic heterocycles. The summed E-state index contributed by atoms with van der Waals surface area (Å²) in [4.78, 5) is 18.9. The summed E-state index contributed by atoms with van der Waals surface area (Å²) in [5.74, 6) is -0.0511. The van der Waals surface area contributed by atoms with Gasteiger partial charge in [-0.25, -0.2) is 9.59 Å². The Bertz CT molecular complexity index is 157. The number of carboxylic acid groups (broad SMARTS) is 2. The van der Waals surface area contributed by atoms with Crippen molar-refractivity contribution < 1.29 is 19.8 Å². The van der Waals surface area contributed by atoms with Gasteiger partial charge in [0.2, 0.25) is 0 Å². The van der Waals surface area contributed by atoms with E-state index in [0.717, 1.165) is 0 Å². The van der Waals surface area contributed by atoms with Crippen molar-refractivity contribution in [2.24, 2.45) is 0 Å². The summed E-state index contributed by atoms with van der Waals surface area (Å²) in [6.07, 6.45) is 0. The molecule has 0 aromatic heterocycles. The first-order valence-corrected chi connectivity index (χ1v) is 1.61. The molecule has 0 rings (SSSR count). The molecule has 4 nitrogen and oxygen atoms in total. The summed E-state index contributed by atoms with van der Waals surface area (Å²) in [5.41, 5.74) is 0. The molecule has 0 aliphatic rings. The second-order valence-corrected chi connectivity index (χ2v) is 0.860. The van der Waals surface area contributed by atoms with Crippen molar-refractivity contribution in [2.75, 3.05) is 0 Å². The minimum atomic E-state index is -1.44. The van der Waals surface area contributed by atoms with Gasteiger partial charge < -0.3 is 10.2 Å². The van der Waals surface area contributed by atoms with Crippen LogP contribution in [0.3, 0.4) is 0 Å². The predicted molar refractivity (Wildman–Crippen MR) is 28.8 cm³/mol. The molecule has 43 valence electrons. The van der Waals surface area contributed by atoms with Crippen molar-refractivity contribution in [3.8, 4) is 11.8 Å². The van der Waals surface area contributed by atoms with Crippen LogP contribution in [-0.2, 0) is 9.59 Å². The number of hydrogen-bond donors (Lipinski definition) is 2. The van der Waals surface area contributed by atoms with Gasteiger partial charge in [-0.15, -0.1) is 0 Å². The molecule has 0 unspecified atom stereocenters. The number of aliphatic carboxylic acids is 2. The molecule has 0 bridgehead atoms. The summed E-state index contributed by atoms with van der Waals surface area (Å²) in [6, 6.07) is 0. The molecule has 0 saturated carbocycles. The zero-order valence-corrected chi connectivity index (χ0v) is 6.71. The number of carboxylic acids is 2. The van der Waals surface area contributed by atoms with Gasteiger partial charge >= 0.3 is 11.9 Å². The zero-order valence-electron chi connectivity index (χ0n) is 4.71. The Morgan fingerprint density at radius 3 is 1.33 bits per heavy atom. The van der Waals surface area contributed by atoms with Gasteiger partial charge in [0.15, 0.2) is 0 Å². The average Bonchev–Trinajstić information content (AvgIpc) is 1.61. The number of carbonyl (C=O) groups is 2. The quantitative estimate of drug-likeness (QED) is 0.324. The SMILES string of the molecule is O=C(O)C#CC(=O)O.[Na]. The monoisotopic (exact) mass is 137 g/mol. The van der Waals surface area contributed by atoms with E-state index in [1.54, 1.807) is 0 Å². The summed E-state index contributed by atoms with van der Waals surface area (Å²) in [7, 11) is 0. The third-order valence-electron chi connectivity index (χ3n) is 0.276. The average molecular weight is 137 g/mol. The van der Waals surface area contributed by atoms with Crippen LogP contribution < -0.4 is 0 Å². The van der Waals surface area contributed by atoms with Crippen molar-refractivity contribution in [2.45, 2.75) is 0 Å². The van der Waals surface area contributed by atoms with E-state index in [2.05, 4.69) is 0 Å². The minimum Gasteiger partial charge on any atom is -0.472 e. The molecule has 0 aliphatic carbocycles. The van der Waals surface area contributed by atoms with Crippen LogP contribution in [0.5, 0.6) is 0 Å². The van der Waals surface area contributed by atoms with Crippen molar-refractivity contribution in [1.29, 1.82) is 0 Å². The van der Waals surface area contributed by atoms with Gasteiger partial charge in [0.25, 0.3) is 0 Å². The molecule has 0 aromatic rings. The Morgan fingerprint density at radius 1 is 1.00 bits per heavy atom. The van der Waals surface area contributed by atoms with E-state index < -0.39 is 11.9 Å². The maximum absolute atomic E-state index is 9.47. The smallest absolute Gasteiger partial charge is 0.382 e. The Balaban J connectivity index is 0. The number of rotatable bonds is 0. The third-order valence-corrected chi connectivity index (χ3v) is 0.276. The van der Waals surface area contributed by atoms with Gasteiger partial charge in [-0.2, -0.15) is 0 Å². The van der Waals surface area contributed by atoms with Gasteiger partial charge in [0.1, 0.15) is 0 Å². The van der Waals surface area contributed by atoms with E-state index in [0.29, 0.717) is 0 Å². The summed E-state index contributed by atoms with van der Waals surface area (Å²) in [6.45, 7) is 0. The van der Waals surface area contributed by atoms with Crippen LogP contribution in [0.15, 0.2) is 0 Å². The van der Waals surface area contributed by atoms with Crippen molar-refractivity contribution in [1.82, 2.24) is 0 Å². The zero-order chi connectivity index (χ0) is 6.57. The topological polar surface area (TPSA) is 74.6 Å². The van der Waals surface area contributed by atoms with Crippen LogP contribution in [0.1, 0.15) is 0 Å². The van der Waals surface area contributed by atoms with E-state index in [1.165, 1.54) is 11.8 Å². The molecule has 0 amide bonds. The fourth-order valence-electron chi connectivity index (χ4n) is 0.107. The van der Waals surface area contributed by atoms with Crippen LogP contribution in [0.25, 0.3) is 0 Å².